The summed E-state index contributed by atoms with van der Waals surface area (Å²) in [5.41, 5.74) is 4.80. The van der Waals surface area contributed by atoms with E-state index in [1.807, 2.05) is 85.9 Å². The van der Waals surface area contributed by atoms with Crippen LogP contribution in [0.4, 0.5) is 5.69 Å². The van der Waals surface area contributed by atoms with Crippen LogP contribution in [0.2, 0.25) is 0 Å². The number of thiocarbonyl (C=S) groups is 1. The molecule has 2 aromatic heterocycles. The van der Waals surface area contributed by atoms with Crippen molar-refractivity contribution >= 4 is 28.9 Å². The molecular weight excluding hydrogens is 482 g/mol. The first-order valence-corrected chi connectivity index (χ1v) is 12.6. The maximum Gasteiger partial charge on any atom is 0.226 e. The first-order valence-electron chi connectivity index (χ1n) is 12.2. The number of pyridine rings is 1. The number of ether oxygens (including phenoxy) is 1. The standard InChI is InChI=1S/C29H29N5O2S/c1-20-8-3-4-9-23(20)31-26(35)16-19-34-28(27(32-29(34)37)24-10-5-6-17-30-24)25-11-7-18-33(25)21-12-14-22(36-2)15-13-21/h3-15,17-18,27-28H,16,19H2,1-2H3,(H,31,35)(H,32,37)/t27-,28-/m0/s1. The lowest BCUT2D eigenvalue weighted by Gasteiger charge is -2.29. The third-order valence-electron chi connectivity index (χ3n) is 6.63. The molecular formula is C29H29N5O2S. The predicted molar refractivity (Wildman–Crippen MR) is 149 cm³/mol. The summed E-state index contributed by atoms with van der Waals surface area (Å²) < 4.78 is 7.48. The Balaban J connectivity index is 1.44. The zero-order chi connectivity index (χ0) is 25.8. The van der Waals surface area contributed by atoms with E-state index in [-0.39, 0.29) is 18.0 Å². The Labute approximate surface area is 222 Å². The fourth-order valence-corrected chi connectivity index (χ4v) is 5.06. The normalized spacial score (nSPS) is 16.9. The van der Waals surface area contributed by atoms with Gasteiger partial charge in [-0.15, -0.1) is 0 Å². The SMILES string of the molecule is COc1ccc(-n2cccc2[C@H]2[C@H](c3ccccn3)NC(=S)N2CCC(=O)Nc2ccccc2C)cc1. The van der Waals surface area contributed by atoms with Crippen LogP contribution < -0.4 is 15.4 Å². The molecule has 0 saturated carbocycles. The van der Waals surface area contributed by atoms with Crippen molar-refractivity contribution < 1.29 is 9.53 Å². The zero-order valence-corrected chi connectivity index (χ0v) is 21.6. The Morgan fingerprint density at radius 1 is 1.05 bits per heavy atom. The summed E-state index contributed by atoms with van der Waals surface area (Å²) in [5.74, 6) is 0.747. The van der Waals surface area contributed by atoms with Crippen LogP contribution in [0, 0.1) is 6.92 Å². The molecule has 8 heteroatoms. The second-order valence-electron chi connectivity index (χ2n) is 8.93. The third kappa shape index (κ3) is 5.20. The summed E-state index contributed by atoms with van der Waals surface area (Å²) in [6, 6.07) is 25.4. The highest BCUT2D eigenvalue weighted by Crippen LogP contribution is 2.39. The van der Waals surface area contributed by atoms with Crippen LogP contribution in [-0.4, -0.2) is 39.1 Å². The molecule has 188 valence electrons. The van der Waals surface area contributed by atoms with Crippen LogP contribution in [0.3, 0.4) is 0 Å². The van der Waals surface area contributed by atoms with Crippen LogP contribution in [-0.2, 0) is 4.79 Å². The Kier molecular flexibility index (Phi) is 7.18. The molecule has 0 bridgehead atoms. The highest BCUT2D eigenvalue weighted by atomic mass is 32.1. The smallest absolute Gasteiger partial charge is 0.226 e. The monoisotopic (exact) mass is 511 g/mol. The minimum absolute atomic E-state index is 0.0531. The molecule has 0 unspecified atom stereocenters. The van der Waals surface area contributed by atoms with Gasteiger partial charge < -0.3 is 24.8 Å². The minimum Gasteiger partial charge on any atom is -0.497 e. The molecule has 1 amide bonds. The number of aryl methyl sites for hydroxylation is 1. The van der Waals surface area contributed by atoms with Gasteiger partial charge in [0.2, 0.25) is 5.91 Å². The van der Waals surface area contributed by atoms with E-state index in [2.05, 4.69) is 31.2 Å². The van der Waals surface area contributed by atoms with Gasteiger partial charge in [0.05, 0.1) is 24.9 Å². The van der Waals surface area contributed by atoms with Crippen molar-refractivity contribution in [2.75, 3.05) is 19.0 Å². The van der Waals surface area contributed by atoms with Crippen molar-refractivity contribution in [1.29, 1.82) is 0 Å². The molecule has 2 aromatic carbocycles. The van der Waals surface area contributed by atoms with Gasteiger partial charge >= 0.3 is 0 Å². The fraction of sp³-hybridized carbons (Fsp3) is 0.207. The van der Waals surface area contributed by atoms with Gasteiger partial charge in [-0.1, -0.05) is 24.3 Å². The summed E-state index contributed by atoms with van der Waals surface area (Å²) in [5, 5.41) is 7.10. The Morgan fingerprint density at radius 3 is 2.57 bits per heavy atom. The van der Waals surface area contributed by atoms with E-state index in [0.717, 1.165) is 34.1 Å². The summed E-state index contributed by atoms with van der Waals surface area (Å²) in [7, 11) is 1.66. The molecule has 1 aliphatic rings. The largest absolute Gasteiger partial charge is 0.497 e. The van der Waals surface area contributed by atoms with Crippen LogP contribution in [0.1, 0.15) is 35.5 Å². The summed E-state index contributed by atoms with van der Waals surface area (Å²) in [6.45, 7) is 2.45. The fourth-order valence-electron chi connectivity index (χ4n) is 4.73. The molecule has 0 spiro atoms. The van der Waals surface area contributed by atoms with Crippen molar-refractivity contribution in [3.8, 4) is 11.4 Å². The number of aromatic nitrogens is 2. The van der Waals surface area contributed by atoms with Gasteiger partial charge in [-0.25, -0.2) is 0 Å². The molecule has 7 nitrogen and oxygen atoms in total. The Bertz CT molecular complexity index is 1390. The number of rotatable bonds is 8. The van der Waals surface area contributed by atoms with Crippen molar-refractivity contribution in [3.63, 3.8) is 0 Å². The molecule has 3 heterocycles. The number of hydrogen-bond donors (Lipinski definition) is 2. The van der Waals surface area contributed by atoms with Crippen molar-refractivity contribution in [2.45, 2.75) is 25.4 Å². The lowest BCUT2D eigenvalue weighted by molar-refractivity contribution is -0.116. The lowest BCUT2D eigenvalue weighted by Crippen LogP contribution is -2.33. The molecule has 1 saturated heterocycles. The molecule has 2 atom stereocenters. The third-order valence-corrected chi connectivity index (χ3v) is 6.98. The number of carbonyl (C=O) groups is 1. The van der Waals surface area contributed by atoms with Crippen LogP contribution in [0.25, 0.3) is 5.69 Å². The average Bonchev–Trinajstić information content (AvgIpc) is 3.53. The summed E-state index contributed by atoms with van der Waals surface area (Å²) in [6.07, 6.45) is 4.12. The Hall–Kier alpha value is -4.17. The van der Waals surface area contributed by atoms with Gasteiger partial charge in [0.1, 0.15) is 5.75 Å². The molecule has 1 fully saturated rings. The second-order valence-corrected chi connectivity index (χ2v) is 9.32. The van der Waals surface area contributed by atoms with Gasteiger partial charge in [0, 0.05) is 42.4 Å². The Morgan fingerprint density at radius 2 is 1.84 bits per heavy atom. The van der Waals surface area contributed by atoms with Gasteiger partial charge in [0.25, 0.3) is 0 Å². The van der Waals surface area contributed by atoms with E-state index < -0.39 is 0 Å². The average molecular weight is 512 g/mol. The molecule has 0 radical (unpaired) electrons. The van der Waals surface area contributed by atoms with E-state index in [4.69, 9.17) is 17.0 Å². The van der Waals surface area contributed by atoms with E-state index in [1.54, 1.807) is 13.3 Å². The van der Waals surface area contributed by atoms with Gasteiger partial charge in [-0.2, -0.15) is 0 Å². The molecule has 4 aromatic rings. The van der Waals surface area contributed by atoms with Gasteiger partial charge in [0.15, 0.2) is 5.11 Å². The molecule has 0 aliphatic carbocycles. The lowest BCUT2D eigenvalue weighted by atomic mass is 10.0. The molecule has 2 N–H and O–H groups in total. The number of nitrogens with zero attached hydrogens (tertiary/aromatic N) is 3. The van der Waals surface area contributed by atoms with Gasteiger partial charge in [-0.3, -0.25) is 9.78 Å². The number of nitrogens with one attached hydrogen (secondary N) is 2. The first kappa shape index (κ1) is 24.5. The van der Waals surface area contributed by atoms with E-state index >= 15 is 0 Å². The highest BCUT2D eigenvalue weighted by molar-refractivity contribution is 7.80. The van der Waals surface area contributed by atoms with E-state index in [9.17, 15) is 4.79 Å². The zero-order valence-electron chi connectivity index (χ0n) is 20.8. The molecule has 1 aliphatic heterocycles. The summed E-state index contributed by atoms with van der Waals surface area (Å²) >= 11 is 5.79. The number of amides is 1. The maximum absolute atomic E-state index is 12.9. The summed E-state index contributed by atoms with van der Waals surface area (Å²) in [4.78, 5) is 19.6. The van der Waals surface area contributed by atoms with Crippen molar-refractivity contribution in [1.82, 2.24) is 19.8 Å². The number of carbonyl (C=O) groups excluding carboxylic acids is 1. The van der Waals surface area contributed by atoms with Crippen molar-refractivity contribution in [3.05, 3.63) is 108 Å². The molecule has 37 heavy (non-hydrogen) atoms. The number of hydrogen-bond acceptors (Lipinski definition) is 4. The predicted octanol–water partition coefficient (Wildman–Crippen LogP) is 5.19. The number of anilines is 1. The van der Waals surface area contributed by atoms with Crippen LogP contribution in [0.15, 0.2) is 91.3 Å². The number of benzene rings is 2. The van der Waals surface area contributed by atoms with E-state index in [1.165, 1.54) is 0 Å². The minimum atomic E-state index is -0.167. The van der Waals surface area contributed by atoms with Crippen molar-refractivity contribution in [2.24, 2.45) is 0 Å². The van der Waals surface area contributed by atoms with Gasteiger partial charge in [-0.05, 0) is 79.3 Å². The first-order chi connectivity index (χ1) is 18.0. The van der Waals surface area contributed by atoms with Crippen LogP contribution >= 0.6 is 12.2 Å². The van der Waals surface area contributed by atoms with Crippen LogP contribution in [0.5, 0.6) is 5.75 Å². The maximum atomic E-state index is 12.9. The second kappa shape index (κ2) is 10.8. The molecule has 5 rings (SSSR count). The number of para-hydroxylation sites is 1. The quantitative estimate of drug-likeness (QED) is 0.317. The highest BCUT2D eigenvalue weighted by Gasteiger charge is 2.41. The van der Waals surface area contributed by atoms with E-state index in [0.29, 0.717) is 18.1 Å². The topological polar surface area (TPSA) is 71.4 Å². The number of methoxy groups -OCH3 is 1.